The molecule has 21 heavy (non-hydrogen) atoms. The highest BCUT2D eigenvalue weighted by Gasteiger charge is 2.50. The van der Waals surface area contributed by atoms with Crippen molar-refractivity contribution < 1.29 is 14.6 Å². The minimum atomic E-state index is -0.633. The smallest absolute Gasteiger partial charge is 0.308 e. The van der Waals surface area contributed by atoms with Gasteiger partial charge in [-0.3, -0.25) is 9.69 Å². The Morgan fingerprint density at radius 2 is 2.29 bits per heavy atom. The average molecular weight is 352 g/mol. The minimum absolute atomic E-state index is 0.157. The number of carbonyl (C=O) groups is 1. The van der Waals surface area contributed by atoms with Crippen LogP contribution in [0.5, 0.6) is 5.75 Å². The summed E-state index contributed by atoms with van der Waals surface area (Å²) >= 11 is 3.49. The molecule has 1 aromatic carbocycles. The lowest BCUT2D eigenvalue weighted by molar-refractivity contribution is -0.142. The zero-order valence-corrected chi connectivity index (χ0v) is 13.3. The largest absolute Gasteiger partial charge is 0.488 e. The van der Waals surface area contributed by atoms with Gasteiger partial charge in [-0.15, -0.1) is 0 Å². The zero-order valence-electron chi connectivity index (χ0n) is 11.7. The minimum Gasteiger partial charge on any atom is -0.488 e. The standard InChI is InChI=1S/C16H18BrNO3/c17-10-1-4-15-9(5-10)6-12(21-15)8-18-11-2-3-14(18)13(7-11)16(19)20/h1,4-5,11-14H,2-3,6-8H2,(H,19,20). The highest BCUT2D eigenvalue weighted by atomic mass is 79.9. The zero-order chi connectivity index (χ0) is 14.6. The van der Waals surface area contributed by atoms with Crippen LogP contribution >= 0.6 is 15.9 Å². The van der Waals surface area contributed by atoms with Gasteiger partial charge in [0.1, 0.15) is 11.9 Å². The third-order valence-electron chi connectivity index (χ3n) is 5.18. The SMILES string of the molecule is O=C(O)C1CC2CCC1N2CC1Cc2cc(Br)ccc2O1. The molecule has 5 heteroatoms. The number of hydrogen-bond acceptors (Lipinski definition) is 3. The first-order valence-electron chi connectivity index (χ1n) is 7.55. The summed E-state index contributed by atoms with van der Waals surface area (Å²) in [6.07, 6.45) is 4.05. The van der Waals surface area contributed by atoms with E-state index in [1.165, 1.54) is 5.56 Å². The number of halogens is 1. The lowest BCUT2D eigenvalue weighted by Crippen LogP contribution is -2.39. The normalized spacial score (nSPS) is 34.0. The van der Waals surface area contributed by atoms with E-state index in [9.17, 15) is 9.90 Å². The summed E-state index contributed by atoms with van der Waals surface area (Å²) in [4.78, 5) is 13.7. The van der Waals surface area contributed by atoms with Crippen molar-refractivity contribution in [3.05, 3.63) is 28.2 Å². The van der Waals surface area contributed by atoms with Crippen LogP contribution in [0.2, 0.25) is 0 Å². The maximum absolute atomic E-state index is 11.3. The van der Waals surface area contributed by atoms with Gasteiger partial charge in [0.2, 0.25) is 0 Å². The molecule has 0 radical (unpaired) electrons. The van der Waals surface area contributed by atoms with E-state index in [1.807, 2.05) is 12.1 Å². The Balaban J connectivity index is 1.46. The van der Waals surface area contributed by atoms with Crippen LogP contribution in [0.3, 0.4) is 0 Å². The molecule has 4 rings (SSSR count). The molecule has 0 aliphatic carbocycles. The predicted octanol–water partition coefficient (Wildman–Crippen LogP) is 2.69. The highest BCUT2D eigenvalue weighted by molar-refractivity contribution is 9.10. The van der Waals surface area contributed by atoms with Gasteiger partial charge < -0.3 is 9.84 Å². The van der Waals surface area contributed by atoms with Crippen LogP contribution in [0.1, 0.15) is 24.8 Å². The van der Waals surface area contributed by atoms with E-state index in [-0.39, 0.29) is 18.1 Å². The van der Waals surface area contributed by atoms with E-state index in [0.29, 0.717) is 6.04 Å². The summed E-state index contributed by atoms with van der Waals surface area (Å²) < 4.78 is 7.12. The van der Waals surface area contributed by atoms with Crippen molar-refractivity contribution in [3.63, 3.8) is 0 Å². The second kappa shape index (κ2) is 4.99. The molecule has 2 saturated heterocycles. The van der Waals surface area contributed by atoms with Gasteiger partial charge in [0.15, 0.2) is 0 Å². The number of hydrogen-bond donors (Lipinski definition) is 1. The van der Waals surface area contributed by atoms with Crippen LogP contribution in [0.15, 0.2) is 22.7 Å². The third kappa shape index (κ3) is 2.27. The van der Waals surface area contributed by atoms with Gasteiger partial charge in [-0.05, 0) is 43.0 Å². The van der Waals surface area contributed by atoms with E-state index in [1.54, 1.807) is 0 Å². The van der Waals surface area contributed by atoms with Crippen molar-refractivity contribution in [2.24, 2.45) is 5.92 Å². The van der Waals surface area contributed by atoms with Crippen molar-refractivity contribution in [2.45, 2.75) is 43.9 Å². The van der Waals surface area contributed by atoms with Gasteiger partial charge >= 0.3 is 5.97 Å². The Morgan fingerprint density at radius 1 is 1.43 bits per heavy atom. The molecule has 3 aliphatic heterocycles. The molecule has 2 fully saturated rings. The fourth-order valence-corrected chi connectivity index (χ4v) is 4.69. The fourth-order valence-electron chi connectivity index (χ4n) is 4.28. The lowest BCUT2D eigenvalue weighted by Gasteiger charge is -2.25. The number of ether oxygens (including phenoxy) is 1. The summed E-state index contributed by atoms with van der Waals surface area (Å²) in [6.45, 7) is 0.853. The van der Waals surface area contributed by atoms with Crippen LogP contribution in [-0.2, 0) is 11.2 Å². The van der Waals surface area contributed by atoms with E-state index in [0.717, 1.165) is 42.5 Å². The summed E-state index contributed by atoms with van der Waals surface area (Å²) in [5, 5.41) is 9.32. The molecule has 0 saturated carbocycles. The number of benzene rings is 1. The first kappa shape index (κ1) is 13.6. The molecule has 3 aliphatic rings. The second-order valence-corrected chi connectivity index (χ2v) is 7.29. The number of carboxylic acids is 1. The highest BCUT2D eigenvalue weighted by Crippen LogP contribution is 2.42. The Bertz CT molecular complexity index is 591. The fraction of sp³-hybridized carbons (Fsp3) is 0.562. The van der Waals surface area contributed by atoms with Crippen LogP contribution in [0, 0.1) is 5.92 Å². The van der Waals surface area contributed by atoms with Gasteiger partial charge in [-0.1, -0.05) is 15.9 Å². The second-order valence-electron chi connectivity index (χ2n) is 6.37. The first-order chi connectivity index (χ1) is 10.1. The molecule has 2 bridgehead atoms. The van der Waals surface area contributed by atoms with Gasteiger partial charge in [0.25, 0.3) is 0 Å². The number of carboxylic acid groups (broad SMARTS) is 1. The summed E-state index contributed by atoms with van der Waals surface area (Å²) in [6, 6.07) is 6.79. The topological polar surface area (TPSA) is 49.8 Å². The Hall–Kier alpha value is -1.07. The van der Waals surface area contributed by atoms with Crippen LogP contribution in [0.25, 0.3) is 0 Å². The average Bonchev–Trinajstić information content (AvgIpc) is 3.11. The van der Waals surface area contributed by atoms with Gasteiger partial charge in [-0.25, -0.2) is 0 Å². The van der Waals surface area contributed by atoms with E-state index in [4.69, 9.17) is 4.74 Å². The van der Waals surface area contributed by atoms with E-state index < -0.39 is 5.97 Å². The number of aliphatic carboxylic acids is 1. The maximum atomic E-state index is 11.3. The number of fused-ring (bicyclic) bond motifs is 3. The van der Waals surface area contributed by atoms with Crippen LogP contribution in [-0.4, -0.2) is 40.7 Å². The van der Waals surface area contributed by atoms with Gasteiger partial charge in [0.05, 0.1) is 5.92 Å². The molecule has 4 atom stereocenters. The first-order valence-corrected chi connectivity index (χ1v) is 8.35. The Labute approximate surface area is 132 Å². The molecule has 0 spiro atoms. The molecule has 1 aromatic rings. The lowest BCUT2D eigenvalue weighted by atomic mass is 9.89. The summed E-state index contributed by atoms with van der Waals surface area (Å²) in [5.74, 6) is 0.165. The maximum Gasteiger partial charge on any atom is 0.308 e. The molecule has 1 N–H and O–H groups in total. The molecule has 4 unspecified atom stereocenters. The van der Waals surface area contributed by atoms with Crippen molar-refractivity contribution in [2.75, 3.05) is 6.54 Å². The van der Waals surface area contributed by atoms with Crippen molar-refractivity contribution in [3.8, 4) is 5.75 Å². The molecular weight excluding hydrogens is 334 g/mol. The van der Waals surface area contributed by atoms with Crippen LogP contribution in [0.4, 0.5) is 0 Å². The Kier molecular flexibility index (Phi) is 3.23. The van der Waals surface area contributed by atoms with Crippen molar-refractivity contribution in [1.82, 2.24) is 4.90 Å². The molecule has 4 nitrogen and oxygen atoms in total. The van der Waals surface area contributed by atoms with Crippen LogP contribution < -0.4 is 4.74 Å². The predicted molar refractivity (Wildman–Crippen MR) is 81.5 cm³/mol. The molecule has 3 heterocycles. The van der Waals surface area contributed by atoms with Crippen molar-refractivity contribution in [1.29, 1.82) is 0 Å². The molecule has 0 aromatic heterocycles. The molecule has 0 amide bonds. The molecular formula is C16H18BrNO3. The quantitative estimate of drug-likeness (QED) is 0.909. The summed E-state index contributed by atoms with van der Waals surface area (Å²) in [5.41, 5.74) is 1.25. The van der Waals surface area contributed by atoms with E-state index >= 15 is 0 Å². The number of nitrogens with zero attached hydrogens (tertiary/aromatic N) is 1. The summed E-state index contributed by atoms with van der Waals surface area (Å²) in [7, 11) is 0. The molecule has 112 valence electrons. The third-order valence-corrected chi connectivity index (χ3v) is 5.67. The Morgan fingerprint density at radius 3 is 3.05 bits per heavy atom. The van der Waals surface area contributed by atoms with Gasteiger partial charge in [0, 0.05) is 29.5 Å². The van der Waals surface area contributed by atoms with Crippen molar-refractivity contribution >= 4 is 21.9 Å². The number of rotatable bonds is 3. The van der Waals surface area contributed by atoms with Gasteiger partial charge in [-0.2, -0.15) is 0 Å². The monoisotopic (exact) mass is 351 g/mol. The van der Waals surface area contributed by atoms with E-state index in [2.05, 4.69) is 26.9 Å².